The van der Waals surface area contributed by atoms with Gasteiger partial charge in [0.15, 0.2) is 0 Å². The van der Waals surface area contributed by atoms with Gasteiger partial charge in [-0.3, -0.25) is 0 Å². The highest BCUT2D eigenvalue weighted by Crippen LogP contribution is 2.39. The maximum absolute atomic E-state index is 12.6. The Labute approximate surface area is 85.5 Å². The first-order chi connectivity index (χ1) is 6.97. The van der Waals surface area contributed by atoms with E-state index in [-0.39, 0.29) is 11.3 Å². The second-order valence-corrected chi connectivity index (χ2v) is 3.99. The van der Waals surface area contributed by atoms with E-state index < -0.39 is 11.7 Å². The van der Waals surface area contributed by atoms with Crippen molar-refractivity contribution in [3.05, 3.63) is 29.3 Å². The third kappa shape index (κ3) is 2.43. The average Bonchev–Trinajstić information content (AvgIpc) is 2.85. The van der Waals surface area contributed by atoms with Gasteiger partial charge >= 0.3 is 6.18 Å². The molecule has 82 valence electrons. The second kappa shape index (κ2) is 3.43. The molecule has 0 saturated heterocycles. The van der Waals surface area contributed by atoms with Crippen LogP contribution in [-0.4, -0.2) is 5.11 Å². The molecule has 1 aromatic carbocycles. The lowest BCUT2D eigenvalue weighted by molar-refractivity contribution is -0.138. The van der Waals surface area contributed by atoms with Crippen LogP contribution in [0, 0.1) is 5.92 Å². The van der Waals surface area contributed by atoms with Crippen LogP contribution in [0.2, 0.25) is 0 Å². The van der Waals surface area contributed by atoms with Crippen LogP contribution in [0.3, 0.4) is 0 Å². The first kappa shape index (κ1) is 10.3. The van der Waals surface area contributed by atoms with Gasteiger partial charge in [0.2, 0.25) is 0 Å². The van der Waals surface area contributed by atoms with Gasteiger partial charge in [0.05, 0.1) is 5.56 Å². The van der Waals surface area contributed by atoms with Gasteiger partial charge in [0.25, 0.3) is 0 Å². The number of halogens is 3. The molecule has 4 heteroatoms. The predicted molar refractivity (Wildman–Crippen MR) is 49.5 cm³/mol. The van der Waals surface area contributed by atoms with Crippen molar-refractivity contribution in [2.45, 2.75) is 25.4 Å². The van der Waals surface area contributed by atoms with E-state index in [9.17, 15) is 13.2 Å². The van der Waals surface area contributed by atoms with Gasteiger partial charge in [-0.2, -0.15) is 13.2 Å². The smallest absolute Gasteiger partial charge is 0.416 e. The second-order valence-electron chi connectivity index (χ2n) is 3.99. The topological polar surface area (TPSA) is 20.2 Å². The summed E-state index contributed by atoms with van der Waals surface area (Å²) in [6, 6.07) is 3.26. The van der Waals surface area contributed by atoms with Gasteiger partial charge in [0, 0.05) is 0 Å². The molecule has 0 amide bonds. The summed E-state index contributed by atoms with van der Waals surface area (Å²) in [5.74, 6) is 0.270. The lowest BCUT2D eigenvalue weighted by Crippen LogP contribution is -2.09. The van der Waals surface area contributed by atoms with Crippen LogP contribution in [-0.2, 0) is 12.6 Å². The summed E-state index contributed by atoms with van der Waals surface area (Å²) in [6.07, 6.45) is -1.92. The summed E-state index contributed by atoms with van der Waals surface area (Å²) in [5.41, 5.74) is -0.405. The van der Waals surface area contributed by atoms with Gasteiger partial charge < -0.3 is 5.11 Å². The fourth-order valence-corrected chi connectivity index (χ4v) is 1.66. The van der Waals surface area contributed by atoms with Gasteiger partial charge in [-0.25, -0.2) is 0 Å². The quantitative estimate of drug-likeness (QED) is 0.803. The van der Waals surface area contributed by atoms with E-state index in [1.807, 2.05) is 0 Å². The molecule has 0 aliphatic heterocycles. The van der Waals surface area contributed by atoms with Crippen molar-refractivity contribution in [1.29, 1.82) is 0 Å². The van der Waals surface area contributed by atoms with E-state index in [2.05, 4.69) is 0 Å². The van der Waals surface area contributed by atoms with Crippen LogP contribution in [0.5, 0.6) is 5.75 Å². The van der Waals surface area contributed by atoms with Crippen molar-refractivity contribution >= 4 is 0 Å². The Kier molecular flexibility index (Phi) is 2.37. The maximum atomic E-state index is 12.6. The van der Waals surface area contributed by atoms with Crippen LogP contribution in [0.4, 0.5) is 13.2 Å². The van der Waals surface area contributed by atoms with E-state index in [4.69, 9.17) is 5.11 Å². The van der Waals surface area contributed by atoms with Crippen molar-refractivity contribution in [3.63, 3.8) is 0 Å². The first-order valence-corrected chi connectivity index (χ1v) is 4.86. The molecule has 1 aliphatic rings. The third-order valence-electron chi connectivity index (χ3n) is 2.60. The normalized spacial score (nSPS) is 16.7. The lowest BCUT2D eigenvalue weighted by Gasteiger charge is -2.12. The Bertz CT molecular complexity index is 367. The van der Waals surface area contributed by atoms with Crippen molar-refractivity contribution < 1.29 is 18.3 Å². The molecule has 1 fully saturated rings. The van der Waals surface area contributed by atoms with Gasteiger partial charge in [0.1, 0.15) is 5.75 Å². The van der Waals surface area contributed by atoms with Crippen molar-refractivity contribution in [2.75, 3.05) is 0 Å². The number of hydrogen-bond donors (Lipinski definition) is 1. The first-order valence-electron chi connectivity index (χ1n) is 4.86. The number of aromatic hydroxyl groups is 1. The van der Waals surface area contributed by atoms with Crippen LogP contribution in [0.25, 0.3) is 0 Å². The highest BCUT2D eigenvalue weighted by atomic mass is 19.4. The standard InChI is InChI=1S/C11H11F3O/c12-11(13,14)10-4-3-9(15)6-8(10)5-7-1-2-7/h3-4,6-7,15H,1-2,5H2. The molecule has 0 unspecified atom stereocenters. The highest BCUT2D eigenvalue weighted by molar-refractivity contribution is 5.37. The number of rotatable bonds is 2. The minimum absolute atomic E-state index is 0.0985. The number of phenolic OH excluding ortho intramolecular Hbond substituents is 1. The molecular weight excluding hydrogens is 205 g/mol. The summed E-state index contributed by atoms with van der Waals surface area (Å²) in [5, 5.41) is 9.17. The summed E-state index contributed by atoms with van der Waals surface area (Å²) >= 11 is 0. The Morgan fingerprint density at radius 3 is 2.47 bits per heavy atom. The molecule has 0 atom stereocenters. The number of alkyl halides is 3. The molecule has 0 aromatic heterocycles. The largest absolute Gasteiger partial charge is 0.508 e. The number of phenols is 1. The van der Waals surface area contributed by atoms with Crippen LogP contribution >= 0.6 is 0 Å². The van der Waals surface area contributed by atoms with E-state index in [1.54, 1.807) is 0 Å². The highest BCUT2D eigenvalue weighted by Gasteiger charge is 2.35. The molecule has 0 radical (unpaired) electrons. The summed E-state index contributed by atoms with van der Waals surface area (Å²) < 4.78 is 37.7. The summed E-state index contributed by atoms with van der Waals surface area (Å²) in [7, 11) is 0. The monoisotopic (exact) mass is 216 g/mol. The summed E-state index contributed by atoms with van der Waals surface area (Å²) in [6.45, 7) is 0. The van der Waals surface area contributed by atoms with E-state index >= 15 is 0 Å². The Morgan fingerprint density at radius 1 is 1.27 bits per heavy atom. The fourth-order valence-electron chi connectivity index (χ4n) is 1.66. The third-order valence-corrected chi connectivity index (χ3v) is 2.60. The zero-order chi connectivity index (χ0) is 11.1. The fraction of sp³-hybridized carbons (Fsp3) is 0.455. The van der Waals surface area contributed by atoms with E-state index in [0.717, 1.165) is 25.0 Å². The molecule has 1 nitrogen and oxygen atoms in total. The molecule has 2 rings (SSSR count). The number of benzene rings is 1. The molecule has 0 spiro atoms. The molecule has 15 heavy (non-hydrogen) atoms. The molecule has 1 aliphatic carbocycles. The zero-order valence-corrected chi connectivity index (χ0v) is 8.01. The minimum Gasteiger partial charge on any atom is -0.508 e. The predicted octanol–water partition coefficient (Wildman–Crippen LogP) is 3.36. The Hall–Kier alpha value is -1.19. The van der Waals surface area contributed by atoms with Gasteiger partial charge in [-0.1, -0.05) is 0 Å². The Morgan fingerprint density at radius 2 is 1.93 bits per heavy atom. The molecule has 1 aromatic rings. The lowest BCUT2D eigenvalue weighted by atomic mass is 10.0. The molecule has 0 bridgehead atoms. The van der Waals surface area contributed by atoms with E-state index in [1.165, 1.54) is 6.07 Å². The minimum atomic E-state index is -4.32. The Balaban J connectivity index is 2.34. The molecule has 0 heterocycles. The van der Waals surface area contributed by atoms with Crippen molar-refractivity contribution in [1.82, 2.24) is 0 Å². The van der Waals surface area contributed by atoms with Crippen LogP contribution in [0.15, 0.2) is 18.2 Å². The SMILES string of the molecule is Oc1ccc(C(F)(F)F)c(CC2CC2)c1. The molecule has 1 saturated carbocycles. The molecular formula is C11H11F3O. The zero-order valence-electron chi connectivity index (χ0n) is 8.01. The van der Waals surface area contributed by atoms with Crippen molar-refractivity contribution in [3.8, 4) is 5.75 Å². The average molecular weight is 216 g/mol. The van der Waals surface area contributed by atoms with Gasteiger partial charge in [-0.15, -0.1) is 0 Å². The van der Waals surface area contributed by atoms with E-state index in [0.29, 0.717) is 12.3 Å². The van der Waals surface area contributed by atoms with Crippen LogP contribution < -0.4 is 0 Å². The van der Waals surface area contributed by atoms with Crippen molar-refractivity contribution in [2.24, 2.45) is 5.92 Å². The van der Waals surface area contributed by atoms with Gasteiger partial charge in [-0.05, 0) is 48.9 Å². The number of hydrogen-bond acceptors (Lipinski definition) is 1. The summed E-state index contributed by atoms with van der Waals surface area (Å²) in [4.78, 5) is 0. The molecule has 1 N–H and O–H groups in total. The maximum Gasteiger partial charge on any atom is 0.416 e. The van der Waals surface area contributed by atoms with Crippen LogP contribution in [0.1, 0.15) is 24.0 Å².